The van der Waals surface area contributed by atoms with Gasteiger partial charge in [-0.05, 0) is 37.2 Å². The predicted octanol–water partition coefficient (Wildman–Crippen LogP) is 2.50. The third kappa shape index (κ3) is 4.16. The van der Waals surface area contributed by atoms with E-state index < -0.39 is 0 Å². The summed E-state index contributed by atoms with van der Waals surface area (Å²) >= 11 is 0. The van der Waals surface area contributed by atoms with Crippen molar-refractivity contribution in [2.75, 3.05) is 18.8 Å². The molecule has 0 unspecified atom stereocenters. The summed E-state index contributed by atoms with van der Waals surface area (Å²) < 4.78 is 1.59. The molecular formula is C16H23N5. The van der Waals surface area contributed by atoms with Crippen LogP contribution in [0.1, 0.15) is 30.7 Å². The first-order chi connectivity index (χ1) is 10.1. The van der Waals surface area contributed by atoms with Gasteiger partial charge in [0.1, 0.15) is 0 Å². The zero-order valence-electron chi connectivity index (χ0n) is 13.0. The van der Waals surface area contributed by atoms with Crippen LogP contribution < -0.4 is 5.73 Å². The Bertz CT molecular complexity index is 611. The van der Waals surface area contributed by atoms with Crippen LogP contribution in [-0.4, -0.2) is 33.9 Å². The first kappa shape index (κ1) is 15.3. The van der Waals surface area contributed by atoms with Crippen molar-refractivity contribution >= 4 is 12.2 Å². The van der Waals surface area contributed by atoms with Gasteiger partial charge >= 0.3 is 0 Å². The summed E-state index contributed by atoms with van der Waals surface area (Å²) in [5, 5.41) is 4.35. The maximum Gasteiger partial charge on any atom is 0.221 e. The van der Waals surface area contributed by atoms with Crippen LogP contribution in [0.3, 0.4) is 0 Å². The number of nitrogens with two attached hydrogens (primary N) is 1. The van der Waals surface area contributed by atoms with Crippen LogP contribution in [0.2, 0.25) is 0 Å². The topological polar surface area (TPSA) is 59.4 Å². The molecule has 0 fully saturated rings. The molecule has 0 aliphatic rings. The first-order valence-electron chi connectivity index (χ1n) is 7.29. The van der Waals surface area contributed by atoms with Crippen molar-refractivity contribution in [2.24, 2.45) is 5.10 Å². The molecule has 112 valence electrons. The molecule has 2 rings (SSSR count). The fourth-order valence-corrected chi connectivity index (χ4v) is 2.20. The number of imidazole rings is 1. The summed E-state index contributed by atoms with van der Waals surface area (Å²) in [5.74, 6) is 0.406. The third-order valence-electron chi connectivity index (χ3n) is 3.42. The Morgan fingerprint density at radius 1 is 1.33 bits per heavy atom. The molecule has 0 aliphatic carbocycles. The van der Waals surface area contributed by atoms with Gasteiger partial charge in [-0.1, -0.05) is 32.0 Å². The van der Waals surface area contributed by atoms with Crippen molar-refractivity contribution in [2.45, 2.75) is 27.3 Å². The number of hydrogen-bond donors (Lipinski definition) is 1. The van der Waals surface area contributed by atoms with Gasteiger partial charge in [-0.3, -0.25) is 4.90 Å². The lowest BCUT2D eigenvalue weighted by Crippen LogP contribution is -2.22. The van der Waals surface area contributed by atoms with Crippen molar-refractivity contribution < 1.29 is 0 Å². The number of aryl methyl sites for hydroxylation is 1. The monoisotopic (exact) mass is 285 g/mol. The van der Waals surface area contributed by atoms with Crippen molar-refractivity contribution in [1.29, 1.82) is 0 Å². The number of hydrogen-bond acceptors (Lipinski definition) is 4. The number of nitrogens with zero attached hydrogens (tertiary/aromatic N) is 4. The van der Waals surface area contributed by atoms with E-state index in [-0.39, 0.29) is 0 Å². The van der Waals surface area contributed by atoms with Gasteiger partial charge in [-0.2, -0.15) is 5.10 Å². The smallest absolute Gasteiger partial charge is 0.221 e. The molecule has 0 amide bonds. The van der Waals surface area contributed by atoms with Crippen LogP contribution in [-0.2, 0) is 6.54 Å². The summed E-state index contributed by atoms with van der Waals surface area (Å²) in [5.41, 5.74) is 8.98. The van der Waals surface area contributed by atoms with E-state index in [9.17, 15) is 0 Å². The lowest BCUT2D eigenvalue weighted by molar-refractivity contribution is 0.296. The number of benzene rings is 1. The van der Waals surface area contributed by atoms with Gasteiger partial charge in [0.25, 0.3) is 0 Å². The van der Waals surface area contributed by atoms with E-state index in [1.807, 2.05) is 25.4 Å². The van der Waals surface area contributed by atoms with Crippen molar-refractivity contribution in [3.63, 3.8) is 0 Å². The Balaban J connectivity index is 2.12. The summed E-state index contributed by atoms with van der Waals surface area (Å²) in [6, 6.07) is 8.39. The van der Waals surface area contributed by atoms with E-state index >= 15 is 0 Å². The molecule has 1 heterocycles. The second kappa shape index (κ2) is 7.04. The number of rotatable bonds is 6. The number of nitrogen functional groups attached to an aromatic ring is 1. The van der Waals surface area contributed by atoms with Gasteiger partial charge in [0.05, 0.1) is 18.1 Å². The van der Waals surface area contributed by atoms with Crippen LogP contribution in [0.4, 0.5) is 5.95 Å². The molecule has 0 atom stereocenters. The van der Waals surface area contributed by atoms with Crippen molar-refractivity contribution in [1.82, 2.24) is 14.6 Å². The molecule has 0 saturated carbocycles. The normalized spacial score (nSPS) is 11.6. The first-order valence-corrected chi connectivity index (χ1v) is 7.29. The van der Waals surface area contributed by atoms with Crippen LogP contribution in [0.25, 0.3) is 0 Å². The van der Waals surface area contributed by atoms with Gasteiger partial charge < -0.3 is 5.73 Å². The second-order valence-electron chi connectivity index (χ2n) is 5.04. The average Bonchev–Trinajstić information content (AvgIpc) is 2.81. The molecule has 0 bridgehead atoms. The second-order valence-corrected chi connectivity index (χ2v) is 5.04. The highest BCUT2D eigenvalue weighted by molar-refractivity contribution is 5.79. The molecule has 2 aromatic rings. The largest absolute Gasteiger partial charge is 0.368 e. The summed E-state index contributed by atoms with van der Waals surface area (Å²) in [6.07, 6.45) is 3.62. The molecule has 0 saturated heterocycles. The molecule has 5 heteroatoms. The Kier molecular flexibility index (Phi) is 5.11. The minimum atomic E-state index is 0.406. The van der Waals surface area contributed by atoms with Gasteiger partial charge in [-0.15, -0.1) is 0 Å². The SMILES string of the molecule is CCN(CC)Cc1cccc(C=Nn2cc(C)nc2N)c1. The molecule has 0 radical (unpaired) electrons. The van der Waals surface area contributed by atoms with Crippen molar-refractivity contribution in [3.8, 4) is 0 Å². The molecule has 21 heavy (non-hydrogen) atoms. The van der Waals surface area contributed by atoms with Gasteiger partial charge in [0.2, 0.25) is 5.95 Å². The number of anilines is 1. The quantitative estimate of drug-likeness (QED) is 0.830. The average molecular weight is 285 g/mol. The standard InChI is InChI=1S/C16H23N5/c1-4-20(5-2)12-15-8-6-7-14(9-15)10-18-21-11-13(3)19-16(21)17/h6-11H,4-5,12H2,1-3H3,(H2,17,19). The Hall–Kier alpha value is -2.14. The summed E-state index contributed by atoms with van der Waals surface area (Å²) in [7, 11) is 0. The highest BCUT2D eigenvalue weighted by Gasteiger charge is 2.02. The zero-order valence-corrected chi connectivity index (χ0v) is 13.0. The van der Waals surface area contributed by atoms with Crippen molar-refractivity contribution in [3.05, 3.63) is 47.3 Å². The highest BCUT2D eigenvalue weighted by Crippen LogP contribution is 2.08. The Morgan fingerprint density at radius 3 is 2.71 bits per heavy atom. The minimum Gasteiger partial charge on any atom is -0.368 e. The van der Waals surface area contributed by atoms with E-state index in [0.29, 0.717) is 5.95 Å². The van der Waals surface area contributed by atoms with E-state index in [1.165, 1.54) is 5.56 Å². The predicted molar refractivity (Wildman–Crippen MR) is 87.4 cm³/mol. The van der Waals surface area contributed by atoms with E-state index in [0.717, 1.165) is 30.9 Å². The fourth-order valence-electron chi connectivity index (χ4n) is 2.20. The van der Waals surface area contributed by atoms with E-state index in [2.05, 4.69) is 47.0 Å². The van der Waals surface area contributed by atoms with E-state index in [4.69, 9.17) is 5.73 Å². The fraction of sp³-hybridized carbons (Fsp3) is 0.375. The molecule has 0 aliphatic heterocycles. The zero-order chi connectivity index (χ0) is 15.2. The maximum absolute atomic E-state index is 5.77. The highest BCUT2D eigenvalue weighted by atomic mass is 15.4. The van der Waals surface area contributed by atoms with Crippen LogP contribution >= 0.6 is 0 Å². The molecule has 1 aromatic carbocycles. The molecule has 5 nitrogen and oxygen atoms in total. The Morgan fingerprint density at radius 2 is 2.10 bits per heavy atom. The number of aromatic nitrogens is 2. The third-order valence-corrected chi connectivity index (χ3v) is 3.42. The van der Waals surface area contributed by atoms with Crippen LogP contribution in [0.5, 0.6) is 0 Å². The summed E-state index contributed by atoms with van der Waals surface area (Å²) in [4.78, 5) is 6.51. The van der Waals surface area contributed by atoms with E-state index in [1.54, 1.807) is 4.68 Å². The minimum absolute atomic E-state index is 0.406. The lowest BCUT2D eigenvalue weighted by Gasteiger charge is -2.18. The molecule has 2 N–H and O–H groups in total. The lowest BCUT2D eigenvalue weighted by atomic mass is 10.1. The van der Waals surface area contributed by atoms with Gasteiger partial charge in [0.15, 0.2) is 0 Å². The molecular weight excluding hydrogens is 262 g/mol. The Labute approximate surface area is 126 Å². The van der Waals surface area contributed by atoms with Crippen LogP contribution in [0.15, 0.2) is 35.6 Å². The summed E-state index contributed by atoms with van der Waals surface area (Å²) in [6.45, 7) is 9.32. The van der Waals surface area contributed by atoms with Gasteiger partial charge in [0, 0.05) is 6.54 Å². The van der Waals surface area contributed by atoms with Crippen LogP contribution in [0, 0.1) is 6.92 Å². The maximum atomic E-state index is 5.77. The molecule has 0 spiro atoms. The molecule has 1 aromatic heterocycles. The van der Waals surface area contributed by atoms with Gasteiger partial charge in [-0.25, -0.2) is 9.66 Å².